The van der Waals surface area contributed by atoms with Gasteiger partial charge >= 0.3 is 0 Å². The lowest BCUT2D eigenvalue weighted by molar-refractivity contribution is 0.683. The van der Waals surface area contributed by atoms with Gasteiger partial charge in [-0.2, -0.15) is 5.10 Å². The van der Waals surface area contributed by atoms with Crippen molar-refractivity contribution in [3.8, 4) is 10.4 Å². The Balaban J connectivity index is 1.83. The number of nitrogens with zero attached hydrogens (tertiary/aromatic N) is 1. The van der Waals surface area contributed by atoms with Gasteiger partial charge in [0, 0.05) is 10.8 Å². The Bertz CT molecular complexity index is 728. The van der Waals surface area contributed by atoms with Gasteiger partial charge in [-0.05, 0) is 29.0 Å². The van der Waals surface area contributed by atoms with Crippen LogP contribution in [-0.2, 0) is 6.42 Å². The number of nitrogens with two attached hydrogens (primary N) is 1. The predicted molar refractivity (Wildman–Crippen MR) is 78.3 cm³/mol. The minimum absolute atomic E-state index is 0.401. The van der Waals surface area contributed by atoms with E-state index in [9.17, 15) is 0 Å². The molecule has 1 aliphatic rings. The highest BCUT2D eigenvalue weighted by Crippen LogP contribution is 2.44. The third-order valence-electron chi connectivity index (χ3n) is 3.79. The van der Waals surface area contributed by atoms with Crippen LogP contribution in [0.15, 0.2) is 41.8 Å². The van der Waals surface area contributed by atoms with Gasteiger partial charge in [0.05, 0.1) is 11.3 Å². The molecule has 3 nitrogen and oxygen atoms in total. The first-order valence-electron chi connectivity index (χ1n) is 6.30. The average Bonchev–Trinajstić information content (AvgIpc) is 3.01. The van der Waals surface area contributed by atoms with Gasteiger partial charge in [-0.3, -0.25) is 5.10 Å². The van der Waals surface area contributed by atoms with Crippen molar-refractivity contribution in [3.05, 3.63) is 58.6 Å². The van der Waals surface area contributed by atoms with Gasteiger partial charge < -0.3 is 5.73 Å². The molecule has 0 saturated heterocycles. The standard InChI is InChI=1S/C15H13N3S/c16-15-13(12-6-3-7-19-12)14(17-18-15)11-8-9-4-1-2-5-10(9)11/h1-7,11H,8H2,(H3,16,17,18). The van der Waals surface area contributed by atoms with E-state index < -0.39 is 0 Å². The maximum atomic E-state index is 6.03. The zero-order chi connectivity index (χ0) is 12.8. The number of fused-ring (bicyclic) bond motifs is 1. The van der Waals surface area contributed by atoms with Crippen molar-refractivity contribution in [2.75, 3.05) is 5.73 Å². The fraction of sp³-hybridized carbons (Fsp3) is 0.133. The average molecular weight is 267 g/mol. The molecular weight excluding hydrogens is 254 g/mol. The van der Waals surface area contributed by atoms with Crippen LogP contribution in [-0.4, -0.2) is 10.2 Å². The molecule has 19 heavy (non-hydrogen) atoms. The Labute approximate surface area is 115 Å². The first-order chi connectivity index (χ1) is 9.34. The summed E-state index contributed by atoms with van der Waals surface area (Å²) in [4.78, 5) is 1.19. The lowest BCUT2D eigenvalue weighted by atomic mass is 9.75. The molecule has 0 radical (unpaired) electrons. The van der Waals surface area contributed by atoms with E-state index in [1.165, 1.54) is 16.0 Å². The van der Waals surface area contributed by atoms with Crippen molar-refractivity contribution >= 4 is 17.2 Å². The van der Waals surface area contributed by atoms with Gasteiger partial charge in [0.15, 0.2) is 5.82 Å². The molecule has 3 aromatic rings. The summed E-state index contributed by atoms with van der Waals surface area (Å²) in [5.74, 6) is 1.000. The number of H-pyrrole nitrogens is 1. The van der Waals surface area contributed by atoms with Crippen molar-refractivity contribution in [3.63, 3.8) is 0 Å². The zero-order valence-corrected chi connectivity index (χ0v) is 11.1. The molecule has 0 bridgehead atoms. The normalized spacial score (nSPS) is 16.9. The summed E-state index contributed by atoms with van der Waals surface area (Å²) in [6.45, 7) is 0. The third kappa shape index (κ3) is 1.53. The van der Waals surface area contributed by atoms with Crippen molar-refractivity contribution < 1.29 is 0 Å². The maximum absolute atomic E-state index is 6.03. The van der Waals surface area contributed by atoms with Crippen LogP contribution >= 0.6 is 11.3 Å². The Morgan fingerprint density at radius 2 is 2.11 bits per heavy atom. The Hall–Kier alpha value is -2.07. The van der Waals surface area contributed by atoms with Crippen LogP contribution < -0.4 is 5.73 Å². The monoisotopic (exact) mass is 267 g/mol. The molecule has 0 saturated carbocycles. The maximum Gasteiger partial charge on any atom is 0.154 e. The molecule has 4 rings (SSSR count). The topological polar surface area (TPSA) is 54.7 Å². The highest BCUT2D eigenvalue weighted by molar-refractivity contribution is 7.13. The van der Waals surface area contributed by atoms with Gasteiger partial charge in [0.25, 0.3) is 0 Å². The van der Waals surface area contributed by atoms with E-state index in [1.807, 2.05) is 6.07 Å². The number of anilines is 1. The van der Waals surface area contributed by atoms with E-state index >= 15 is 0 Å². The number of nitrogens with one attached hydrogen (secondary N) is 1. The molecule has 1 aliphatic carbocycles. The van der Waals surface area contributed by atoms with E-state index in [1.54, 1.807) is 11.3 Å². The van der Waals surface area contributed by atoms with Crippen molar-refractivity contribution in [2.45, 2.75) is 12.3 Å². The minimum Gasteiger partial charge on any atom is -0.382 e. The number of benzene rings is 1. The van der Waals surface area contributed by atoms with Crippen molar-refractivity contribution in [2.24, 2.45) is 0 Å². The molecule has 1 unspecified atom stereocenters. The van der Waals surface area contributed by atoms with Gasteiger partial charge in [-0.25, -0.2) is 0 Å². The third-order valence-corrected chi connectivity index (χ3v) is 4.68. The molecule has 94 valence electrons. The smallest absolute Gasteiger partial charge is 0.154 e. The Morgan fingerprint density at radius 1 is 1.21 bits per heavy atom. The number of thiophene rings is 1. The highest BCUT2D eigenvalue weighted by Gasteiger charge is 2.31. The summed E-state index contributed by atoms with van der Waals surface area (Å²) in [6.07, 6.45) is 1.07. The van der Waals surface area contributed by atoms with Gasteiger partial charge in [-0.15, -0.1) is 11.3 Å². The summed E-state index contributed by atoms with van der Waals surface area (Å²) < 4.78 is 0. The molecule has 0 spiro atoms. The molecule has 4 heteroatoms. The van der Waals surface area contributed by atoms with Crippen LogP contribution in [0, 0.1) is 0 Å². The second kappa shape index (κ2) is 3.96. The van der Waals surface area contributed by atoms with Gasteiger partial charge in [0.1, 0.15) is 0 Å². The fourth-order valence-corrected chi connectivity index (χ4v) is 3.61. The highest BCUT2D eigenvalue weighted by atomic mass is 32.1. The SMILES string of the molecule is Nc1n[nH]c(C2Cc3ccccc32)c1-c1cccs1. The van der Waals surface area contributed by atoms with Crippen LogP contribution in [0.4, 0.5) is 5.82 Å². The molecule has 2 heterocycles. The first kappa shape index (κ1) is 10.8. The Morgan fingerprint density at radius 3 is 2.89 bits per heavy atom. The van der Waals surface area contributed by atoms with Crippen LogP contribution in [0.5, 0.6) is 0 Å². The second-order valence-corrected chi connectivity index (χ2v) is 5.78. The van der Waals surface area contributed by atoms with E-state index in [0.29, 0.717) is 11.7 Å². The fourth-order valence-electron chi connectivity index (χ4n) is 2.82. The second-order valence-electron chi connectivity index (χ2n) is 4.83. The molecule has 0 amide bonds. The number of hydrogen-bond donors (Lipinski definition) is 2. The summed E-state index contributed by atoms with van der Waals surface area (Å²) in [5, 5.41) is 9.41. The lowest BCUT2D eigenvalue weighted by Crippen LogP contribution is -2.18. The summed E-state index contributed by atoms with van der Waals surface area (Å²) in [7, 11) is 0. The van der Waals surface area contributed by atoms with Gasteiger partial charge in [0.2, 0.25) is 0 Å². The molecule has 0 aliphatic heterocycles. The molecule has 3 N–H and O–H groups in total. The van der Waals surface area contributed by atoms with E-state index in [2.05, 4.69) is 45.9 Å². The number of rotatable bonds is 2. The largest absolute Gasteiger partial charge is 0.382 e. The quantitative estimate of drug-likeness (QED) is 0.747. The lowest BCUT2D eigenvalue weighted by Gasteiger charge is -2.29. The van der Waals surface area contributed by atoms with Gasteiger partial charge in [-0.1, -0.05) is 30.3 Å². The van der Waals surface area contributed by atoms with Crippen LogP contribution in [0.3, 0.4) is 0 Å². The number of nitrogen functional groups attached to an aromatic ring is 1. The number of aromatic nitrogens is 2. The van der Waals surface area contributed by atoms with Crippen LogP contribution in [0.25, 0.3) is 10.4 Å². The number of hydrogen-bond acceptors (Lipinski definition) is 3. The van der Waals surface area contributed by atoms with E-state index in [-0.39, 0.29) is 0 Å². The Kier molecular flexibility index (Phi) is 2.26. The zero-order valence-electron chi connectivity index (χ0n) is 10.3. The molecule has 2 aromatic heterocycles. The summed E-state index contributed by atoms with van der Waals surface area (Å²) >= 11 is 1.70. The van der Waals surface area contributed by atoms with Crippen molar-refractivity contribution in [1.82, 2.24) is 10.2 Å². The molecule has 0 fully saturated rings. The summed E-state index contributed by atoms with van der Waals surface area (Å²) in [6, 6.07) is 12.7. The van der Waals surface area contributed by atoms with Crippen molar-refractivity contribution in [1.29, 1.82) is 0 Å². The van der Waals surface area contributed by atoms with E-state index in [4.69, 9.17) is 5.73 Å². The number of aromatic amines is 1. The molecule has 1 atom stereocenters. The molecule has 1 aromatic carbocycles. The minimum atomic E-state index is 0.401. The van der Waals surface area contributed by atoms with Crippen LogP contribution in [0.1, 0.15) is 22.7 Å². The predicted octanol–water partition coefficient (Wildman–Crippen LogP) is 3.41. The van der Waals surface area contributed by atoms with E-state index in [0.717, 1.165) is 17.7 Å². The van der Waals surface area contributed by atoms with Crippen LogP contribution in [0.2, 0.25) is 0 Å². The first-order valence-corrected chi connectivity index (χ1v) is 7.18. The molecular formula is C15H13N3S. The summed E-state index contributed by atoms with van der Waals surface area (Å²) in [5.41, 5.74) is 11.1.